The van der Waals surface area contributed by atoms with Crippen LogP contribution in [0.3, 0.4) is 0 Å². The first kappa shape index (κ1) is 10.3. The minimum atomic E-state index is -0.331. The van der Waals surface area contributed by atoms with E-state index in [9.17, 15) is 0 Å². The van der Waals surface area contributed by atoms with Crippen molar-refractivity contribution in [3.05, 3.63) is 0 Å². The van der Waals surface area contributed by atoms with Gasteiger partial charge in [0.25, 0.3) is 0 Å². The van der Waals surface area contributed by atoms with Crippen LogP contribution in [0.2, 0.25) is 0 Å². The molecule has 0 atom stereocenters. The molecule has 0 amide bonds. The minimum Gasteiger partial charge on any atom is -0.240 e. The summed E-state index contributed by atoms with van der Waals surface area (Å²) in [6.07, 6.45) is 2.47. The molecule has 0 saturated heterocycles. The fourth-order valence-electron chi connectivity index (χ4n) is 1.07. The summed E-state index contributed by atoms with van der Waals surface area (Å²) in [5.74, 6) is 2.74. The molecule has 0 unspecified atom stereocenters. The lowest BCUT2D eigenvalue weighted by molar-refractivity contribution is 0.783. The lowest BCUT2D eigenvalue weighted by Crippen LogP contribution is -2.27. The summed E-state index contributed by atoms with van der Waals surface area (Å²) in [5, 5.41) is 0. The van der Waals surface area contributed by atoms with Crippen LogP contribution in [-0.4, -0.2) is 22.5 Å². The first-order chi connectivity index (χ1) is 4.37. The van der Waals surface area contributed by atoms with Crippen LogP contribution >= 0.6 is 10.0 Å². The van der Waals surface area contributed by atoms with Gasteiger partial charge in [0.1, 0.15) is 0 Å². The fourth-order valence-corrected chi connectivity index (χ4v) is 3.21. The molecule has 0 aromatic rings. The van der Waals surface area contributed by atoms with Crippen LogP contribution in [0.1, 0.15) is 34.6 Å². The molecule has 0 spiro atoms. The summed E-state index contributed by atoms with van der Waals surface area (Å²) in [5.41, 5.74) is 0. The molecule has 0 aromatic heterocycles. The second-order valence-electron chi connectivity index (χ2n) is 3.96. The van der Waals surface area contributed by atoms with Crippen LogP contribution < -0.4 is 0 Å². The number of hydrogen-bond acceptors (Lipinski definition) is 0. The molecule has 0 radical (unpaired) electrons. The van der Waals surface area contributed by atoms with E-state index in [2.05, 4.69) is 40.9 Å². The Hall–Kier alpha value is 0.350. The van der Waals surface area contributed by atoms with Gasteiger partial charge in [-0.15, -0.1) is 0 Å². The monoisotopic (exact) mass is 162 g/mol. The molecule has 0 bridgehead atoms. The quantitative estimate of drug-likeness (QED) is 0.584. The van der Waals surface area contributed by atoms with Crippen LogP contribution in [0.25, 0.3) is 0 Å². The second kappa shape index (κ2) is 3.17. The van der Waals surface area contributed by atoms with E-state index in [0.29, 0.717) is 4.75 Å². The molecule has 0 saturated carbocycles. The van der Waals surface area contributed by atoms with E-state index in [4.69, 9.17) is 0 Å². The van der Waals surface area contributed by atoms with Gasteiger partial charge in [-0.25, -0.2) is 10.0 Å². The average molecular weight is 162 g/mol. The van der Waals surface area contributed by atoms with Crippen LogP contribution in [0.4, 0.5) is 0 Å². The van der Waals surface area contributed by atoms with Gasteiger partial charge in [0.05, 0.1) is 0 Å². The molecule has 0 heterocycles. The van der Waals surface area contributed by atoms with E-state index in [0.717, 1.165) is 0 Å². The highest BCUT2D eigenvalue weighted by molar-refractivity contribution is 8.34. The molecule has 0 nitrogen and oxygen atoms in total. The molecule has 0 N–H and O–H groups in total. The SMILES string of the molecule is CCS(C)(CC)C(C)(C)C. The van der Waals surface area contributed by atoms with Gasteiger partial charge in [-0.2, -0.15) is 0 Å². The van der Waals surface area contributed by atoms with Gasteiger partial charge in [-0.05, 0) is 22.5 Å². The smallest absolute Gasteiger partial charge is 0.00848 e. The largest absolute Gasteiger partial charge is 0.240 e. The Kier molecular flexibility index (Phi) is 3.28. The zero-order chi connectivity index (χ0) is 8.41. The molecule has 10 heavy (non-hydrogen) atoms. The van der Waals surface area contributed by atoms with Crippen LogP contribution in [0.15, 0.2) is 0 Å². The van der Waals surface area contributed by atoms with E-state index in [1.807, 2.05) is 0 Å². The Morgan fingerprint density at radius 2 is 1.30 bits per heavy atom. The van der Waals surface area contributed by atoms with E-state index in [-0.39, 0.29) is 10.0 Å². The maximum absolute atomic E-state index is 2.47. The predicted octanol–water partition coefficient (Wildman–Crippen LogP) is 3.26. The lowest BCUT2D eigenvalue weighted by atomic mass is 10.3. The molecule has 0 aromatic carbocycles. The molecule has 0 fully saturated rings. The normalized spacial score (nSPS) is 15.4. The Morgan fingerprint density at radius 1 is 1.00 bits per heavy atom. The third-order valence-corrected chi connectivity index (χ3v) is 8.26. The Bertz CT molecular complexity index is 95.8. The van der Waals surface area contributed by atoms with Crippen LogP contribution in [0, 0.1) is 0 Å². The van der Waals surface area contributed by atoms with Crippen molar-refractivity contribution in [2.24, 2.45) is 0 Å². The Labute approximate surface area is 67.7 Å². The van der Waals surface area contributed by atoms with Crippen molar-refractivity contribution < 1.29 is 0 Å². The maximum Gasteiger partial charge on any atom is -0.00848 e. The Morgan fingerprint density at radius 3 is 1.30 bits per heavy atom. The summed E-state index contributed by atoms with van der Waals surface area (Å²) in [4.78, 5) is 0. The highest BCUT2D eigenvalue weighted by atomic mass is 32.3. The molecule has 0 aliphatic rings. The summed E-state index contributed by atoms with van der Waals surface area (Å²) in [6.45, 7) is 11.8. The summed E-state index contributed by atoms with van der Waals surface area (Å²) >= 11 is 0. The first-order valence-electron chi connectivity index (χ1n) is 4.10. The van der Waals surface area contributed by atoms with Crippen molar-refractivity contribution in [2.45, 2.75) is 39.4 Å². The molecular formula is C9H22S. The van der Waals surface area contributed by atoms with Gasteiger partial charge < -0.3 is 0 Å². The number of hydrogen-bond donors (Lipinski definition) is 0. The molecule has 0 aliphatic heterocycles. The van der Waals surface area contributed by atoms with Crippen LogP contribution in [-0.2, 0) is 0 Å². The van der Waals surface area contributed by atoms with Gasteiger partial charge in [-0.1, -0.05) is 34.6 Å². The summed E-state index contributed by atoms with van der Waals surface area (Å²) < 4.78 is 0.538. The predicted molar refractivity (Wildman–Crippen MR) is 54.4 cm³/mol. The highest BCUT2D eigenvalue weighted by Gasteiger charge is 2.28. The third-order valence-electron chi connectivity index (χ3n) is 2.75. The van der Waals surface area contributed by atoms with Crippen molar-refractivity contribution in [3.63, 3.8) is 0 Å². The summed E-state index contributed by atoms with van der Waals surface area (Å²) in [6, 6.07) is 0. The zero-order valence-electron chi connectivity index (χ0n) is 8.32. The van der Waals surface area contributed by atoms with Crippen molar-refractivity contribution in [1.29, 1.82) is 0 Å². The van der Waals surface area contributed by atoms with Crippen molar-refractivity contribution in [1.82, 2.24) is 0 Å². The third kappa shape index (κ3) is 1.91. The van der Waals surface area contributed by atoms with Crippen molar-refractivity contribution >= 4 is 10.0 Å². The molecule has 0 aliphatic carbocycles. The van der Waals surface area contributed by atoms with E-state index < -0.39 is 0 Å². The van der Waals surface area contributed by atoms with Gasteiger partial charge in [-0.3, -0.25) is 0 Å². The highest BCUT2D eigenvalue weighted by Crippen LogP contribution is 2.55. The van der Waals surface area contributed by atoms with Gasteiger partial charge in [0, 0.05) is 0 Å². The molecule has 1 heteroatoms. The zero-order valence-corrected chi connectivity index (χ0v) is 9.14. The van der Waals surface area contributed by atoms with Crippen molar-refractivity contribution in [3.8, 4) is 0 Å². The molecule has 64 valence electrons. The van der Waals surface area contributed by atoms with Crippen molar-refractivity contribution in [2.75, 3.05) is 17.8 Å². The van der Waals surface area contributed by atoms with Gasteiger partial charge in [0.15, 0.2) is 0 Å². The Balaban J connectivity index is 4.33. The van der Waals surface area contributed by atoms with E-state index in [1.165, 1.54) is 11.5 Å². The van der Waals surface area contributed by atoms with Gasteiger partial charge in [0.2, 0.25) is 0 Å². The molecular weight excluding hydrogens is 140 g/mol. The topological polar surface area (TPSA) is 0 Å². The average Bonchev–Trinajstić information content (AvgIpc) is 1.84. The first-order valence-corrected chi connectivity index (χ1v) is 6.48. The van der Waals surface area contributed by atoms with E-state index >= 15 is 0 Å². The standard InChI is InChI=1S/C9H22S/c1-7-10(6,8-2)9(3,4)5/h7-8H2,1-6H3. The second-order valence-corrected chi connectivity index (χ2v) is 8.89. The number of rotatable bonds is 2. The maximum atomic E-state index is 2.47. The fraction of sp³-hybridized carbons (Fsp3) is 1.00. The van der Waals surface area contributed by atoms with Crippen LogP contribution in [0.5, 0.6) is 0 Å². The van der Waals surface area contributed by atoms with Gasteiger partial charge >= 0.3 is 0 Å². The molecule has 0 rings (SSSR count). The minimum absolute atomic E-state index is 0.331. The van der Waals surface area contributed by atoms with E-state index in [1.54, 1.807) is 0 Å². The summed E-state index contributed by atoms with van der Waals surface area (Å²) in [7, 11) is -0.331. The lowest BCUT2D eigenvalue weighted by Gasteiger charge is -2.46.